The molecule has 2 aliphatic heterocycles. The van der Waals surface area contributed by atoms with Crippen molar-refractivity contribution in [1.82, 2.24) is 14.7 Å². The van der Waals surface area contributed by atoms with Gasteiger partial charge in [0.05, 0.1) is 11.7 Å². The number of ether oxygens (including phenoxy) is 1. The third-order valence-electron chi connectivity index (χ3n) is 5.84. The predicted molar refractivity (Wildman–Crippen MR) is 114 cm³/mol. The highest BCUT2D eigenvalue weighted by molar-refractivity contribution is 6.35. The lowest BCUT2D eigenvalue weighted by atomic mass is 10.00. The first-order chi connectivity index (χ1) is 14.3. The molecule has 0 atom stereocenters. The molecule has 3 rings (SSSR count). The molecular weight excluding hydrogens is 385 g/mol. The number of imide groups is 1. The Kier molecular flexibility index (Phi) is 7.26. The lowest BCUT2D eigenvalue weighted by Crippen LogP contribution is -2.43. The maximum atomic E-state index is 13.5. The quantitative estimate of drug-likeness (QED) is 0.481. The Bertz CT molecular complexity index is 798. The van der Waals surface area contributed by atoms with Gasteiger partial charge in [0.15, 0.2) is 0 Å². The van der Waals surface area contributed by atoms with E-state index in [1.807, 2.05) is 25.8 Å². The van der Waals surface area contributed by atoms with Crippen molar-refractivity contribution in [2.24, 2.45) is 0 Å². The van der Waals surface area contributed by atoms with Gasteiger partial charge in [-0.15, -0.1) is 0 Å². The van der Waals surface area contributed by atoms with E-state index in [-0.39, 0.29) is 29.8 Å². The summed E-state index contributed by atoms with van der Waals surface area (Å²) >= 11 is 0. The normalized spacial score (nSPS) is 18.8. The van der Waals surface area contributed by atoms with Crippen LogP contribution in [0.4, 0.5) is 4.39 Å². The second kappa shape index (κ2) is 9.71. The third kappa shape index (κ3) is 4.90. The Morgan fingerprint density at radius 1 is 1.13 bits per heavy atom. The maximum Gasteiger partial charge on any atom is 0.277 e. The highest BCUT2D eigenvalue weighted by Gasteiger charge is 2.42. The number of carbonyl (C=O) groups excluding carboxylic acids is 2. The summed E-state index contributed by atoms with van der Waals surface area (Å²) in [7, 11) is 3.98. The van der Waals surface area contributed by atoms with E-state index in [4.69, 9.17) is 4.74 Å². The van der Waals surface area contributed by atoms with Gasteiger partial charge in [-0.05, 0) is 70.9 Å². The van der Waals surface area contributed by atoms with E-state index >= 15 is 0 Å². The fourth-order valence-corrected chi connectivity index (χ4v) is 4.08. The van der Waals surface area contributed by atoms with Crippen LogP contribution in [-0.4, -0.2) is 79.0 Å². The van der Waals surface area contributed by atoms with Crippen molar-refractivity contribution in [2.45, 2.75) is 45.3 Å². The van der Waals surface area contributed by atoms with E-state index in [9.17, 15) is 14.0 Å². The molecule has 2 aliphatic rings. The third-order valence-corrected chi connectivity index (χ3v) is 5.84. The number of carbonyl (C=O) groups is 2. The van der Waals surface area contributed by atoms with Crippen LogP contribution in [0.2, 0.25) is 0 Å². The first-order valence-corrected chi connectivity index (χ1v) is 10.7. The zero-order valence-corrected chi connectivity index (χ0v) is 18.4. The highest BCUT2D eigenvalue weighted by Crippen LogP contribution is 2.33. The Hall–Kier alpha value is -2.25. The molecule has 0 aliphatic carbocycles. The van der Waals surface area contributed by atoms with E-state index in [2.05, 4.69) is 11.9 Å². The molecule has 1 saturated heterocycles. The molecule has 0 spiro atoms. The average molecular weight is 418 g/mol. The van der Waals surface area contributed by atoms with Crippen LogP contribution in [0.5, 0.6) is 0 Å². The monoisotopic (exact) mass is 417 g/mol. The molecule has 2 amide bonds. The van der Waals surface area contributed by atoms with E-state index in [1.165, 1.54) is 17.0 Å². The van der Waals surface area contributed by atoms with Crippen LogP contribution in [0.1, 0.15) is 38.7 Å². The van der Waals surface area contributed by atoms with Gasteiger partial charge < -0.3 is 14.5 Å². The molecule has 6 nitrogen and oxygen atoms in total. The van der Waals surface area contributed by atoms with Crippen molar-refractivity contribution in [2.75, 3.05) is 40.3 Å². The minimum atomic E-state index is -0.371. The molecule has 1 fully saturated rings. The van der Waals surface area contributed by atoms with Crippen molar-refractivity contribution in [3.05, 3.63) is 41.3 Å². The molecule has 7 heteroatoms. The van der Waals surface area contributed by atoms with Crippen LogP contribution in [0.25, 0.3) is 5.57 Å². The maximum absolute atomic E-state index is 13.5. The van der Waals surface area contributed by atoms with Gasteiger partial charge in [0.25, 0.3) is 11.8 Å². The second-order valence-corrected chi connectivity index (χ2v) is 8.41. The van der Waals surface area contributed by atoms with Gasteiger partial charge in [0, 0.05) is 26.2 Å². The summed E-state index contributed by atoms with van der Waals surface area (Å²) in [6.07, 6.45) is 2.54. The van der Waals surface area contributed by atoms with Crippen LogP contribution in [0.15, 0.2) is 30.0 Å². The summed E-state index contributed by atoms with van der Waals surface area (Å²) in [5.41, 5.74) is 1.36. The van der Waals surface area contributed by atoms with Crippen molar-refractivity contribution in [1.29, 1.82) is 0 Å². The summed E-state index contributed by atoms with van der Waals surface area (Å²) in [6.45, 7) is 6.60. The molecule has 0 aromatic heterocycles. The minimum Gasteiger partial charge on any atom is -0.379 e. The lowest BCUT2D eigenvalue weighted by molar-refractivity contribution is -0.137. The van der Waals surface area contributed by atoms with Gasteiger partial charge in [-0.25, -0.2) is 4.39 Å². The van der Waals surface area contributed by atoms with Crippen LogP contribution in [-0.2, 0) is 14.3 Å². The Morgan fingerprint density at radius 2 is 1.77 bits per heavy atom. The number of piperidine rings is 1. The second-order valence-electron chi connectivity index (χ2n) is 8.41. The molecule has 0 unspecified atom stereocenters. The standard InChI is InChI=1S/C23H32FN3O3/c1-16(2)30-15-5-12-27-22(28)20(17-6-8-18(24)9-7-17)21(23(27)29)26(4)19-10-13-25(3)14-11-19/h6-9,16,19H,5,10-15H2,1-4H3. The van der Waals surface area contributed by atoms with E-state index in [1.54, 1.807) is 12.1 Å². The van der Waals surface area contributed by atoms with Crippen molar-refractivity contribution < 1.29 is 18.7 Å². The number of rotatable bonds is 8. The van der Waals surface area contributed by atoms with Gasteiger partial charge in [0.1, 0.15) is 11.5 Å². The summed E-state index contributed by atoms with van der Waals surface area (Å²) < 4.78 is 19.0. The number of hydrogen-bond acceptors (Lipinski definition) is 5. The summed E-state index contributed by atoms with van der Waals surface area (Å²) in [4.78, 5) is 32.1. The average Bonchev–Trinajstić information content (AvgIpc) is 2.96. The number of hydrogen-bond donors (Lipinski definition) is 0. The summed E-state index contributed by atoms with van der Waals surface area (Å²) in [5, 5.41) is 0. The molecule has 1 aromatic rings. The van der Waals surface area contributed by atoms with Gasteiger partial charge in [-0.2, -0.15) is 0 Å². The number of benzene rings is 1. The Balaban J connectivity index is 1.87. The van der Waals surface area contributed by atoms with Crippen LogP contribution < -0.4 is 0 Å². The van der Waals surface area contributed by atoms with E-state index < -0.39 is 0 Å². The van der Waals surface area contributed by atoms with Crippen molar-refractivity contribution >= 4 is 17.4 Å². The van der Waals surface area contributed by atoms with E-state index in [0.29, 0.717) is 36.4 Å². The smallest absolute Gasteiger partial charge is 0.277 e. The van der Waals surface area contributed by atoms with Crippen LogP contribution in [0, 0.1) is 5.82 Å². The Labute approximate surface area is 178 Å². The van der Waals surface area contributed by atoms with Gasteiger partial charge in [0.2, 0.25) is 0 Å². The number of nitrogens with zero attached hydrogens (tertiary/aromatic N) is 3. The fourth-order valence-electron chi connectivity index (χ4n) is 4.08. The number of likely N-dealkylation sites (N-methyl/N-ethyl adjacent to an activating group) is 1. The molecule has 2 heterocycles. The number of likely N-dealkylation sites (tertiary alicyclic amines) is 1. The van der Waals surface area contributed by atoms with Crippen LogP contribution >= 0.6 is 0 Å². The Morgan fingerprint density at radius 3 is 2.37 bits per heavy atom. The molecule has 0 bridgehead atoms. The predicted octanol–water partition coefficient (Wildman–Crippen LogP) is 2.75. The fraction of sp³-hybridized carbons (Fsp3) is 0.565. The topological polar surface area (TPSA) is 53.1 Å². The minimum absolute atomic E-state index is 0.106. The van der Waals surface area contributed by atoms with Gasteiger partial charge >= 0.3 is 0 Å². The molecule has 0 radical (unpaired) electrons. The first-order valence-electron chi connectivity index (χ1n) is 10.7. The summed E-state index contributed by atoms with van der Waals surface area (Å²) in [6, 6.07) is 5.99. The molecule has 0 saturated carbocycles. The lowest BCUT2D eigenvalue weighted by Gasteiger charge is -2.36. The number of halogens is 1. The van der Waals surface area contributed by atoms with Gasteiger partial charge in [-0.1, -0.05) is 12.1 Å². The largest absolute Gasteiger partial charge is 0.379 e. The van der Waals surface area contributed by atoms with E-state index in [0.717, 1.165) is 25.9 Å². The van der Waals surface area contributed by atoms with Crippen molar-refractivity contribution in [3.63, 3.8) is 0 Å². The molecule has 30 heavy (non-hydrogen) atoms. The zero-order valence-electron chi connectivity index (χ0n) is 18.4. The molecule has 0 N–H and O–H groups in total. The highest BCUT2D eigenvalue weighted by atomic mass is 19.1. The van der Waals surface area contributed by atoms with Crippen LogP contribution in [0.3, 0.4) is 0 Å². The SMILES string of the molecule is CC(C)OCCCN1C(=O)C(c2ccc(F)cc2)=C(N(C)C2CCN(C)CC2)C1=O. The van der Waals surface area contributed by atoms with Gasteiger partial charge in [-0.3, -0.25) is 14.5 Å². The first kappa shape index (κ1) is 22.4. The summed E-state index contributed by atoms with van der Waals surface area (Å²) in [5.74, 6) is -0.958. The molecule has 1 aromatic carbocycles. The van der Waals surface area contributed by atoms with Crippen molar-refractivity contribution in [3.8, 4) is 0 Å². The molecular formula is C23H32FN3O3. The zero-order chi connectivity index (χ0) is 21.8. The number of amides is 2. The molecule has 164 valence electrons.